The van der Waals surface area contributed by atoms with E-state index in [4.69, 9.17) is 10.5 Å². The lowest BCUT2D eigenvalue weighted by Crippen LogP contribution is -2.34. The van der Waals surface area contributed by atoms with Gasteiger partial charge < -0.3 is 20.5 Å². The van der Waals surface area contributed by atoms with Crippen LogP contribution in [0.15, 0.2) is 66.7 Å². The summed E-state index contributed by atoms with van der Waals surface area (Å²) in [4.78, 5) is 37.7. The highest BCUT2D eigenvalue weighted by Crippen LogP contribution is 2.28. The van der Waals surface area contributed by atoms with Gasteiger partial charge in [-0.25, -0.2) is 0 Å². The highest BCUT2D eigenvalue weighted by molar-refractivity contribution is 5.98. The molecule has 2 heterocycles. The number of amides is 3. The maximum absolute atomic E-state index is 12.2. The van der Waals surface area contributed by atoms with Crippen LogP contribution in [0.5, 0.6) is 11.5 Å². The Labute approximate surface area is 247 Å². The van der Waals surface area contributed by atoms with Crippen LogP contribution >= 0.6 is 0 Å². The molecule has 3 amide bonds. The van der Waals surface area contributed by atoms with Gasteiger partial charge in [0.15, 0.2) is 0 Å². The van der Waals surface area contributed by atoms with Crippen LogP contribution in [-0.2, 0) is 35.8 Å². The SMILES string of the molecule is CC(CCC(=O)NC=O)N1Cc2cc(O)ccc2C1=O.NCc1ccc(COc2ccccc2CN2CCCC2)cc1. The summed E-state index contributed by atoms with van der Waals surface area (Å²) in [5.74, 6) is 0.686. The van der Waals surface area contributed by atoms with Crippen molar-refractivity contribution >= 4 is 18.2 Å². The van der Waals surface area contributed by atoms with Crippen LogP contribution in [0.2, 0.25) is 0 Å². The summed E-state index contributed by atoms with van der Waals surface area (Å²) in [6.07, 6.45) is 3.65. The summed E-state index contributed by atoms with van der Waals surface area (Å²) >= 11 is 0. The van der Waals surface area contributed by atoms with E-state index >= 15 is 0 Å². The molecule has 3 aromatic carbocycles. The molecule has 5 rings (SSSR count). The number of phenols is 1. The largest absolute Gasteiger partial charge is 0.508 e. The highest BCUT2D eigenvalue weighted by atomic mass is 16.5. The van der Waals surface area contributed by atoms with Gasteiger partial charge in [-0.2, -0.15) is 0 Å². The van der Waals surface area contributed by atoms with Gasteiger partial charge in [-0.1, -0.05) is 42.5 Å². The number of para-hydroxylation sites is 1. The molecular weight excluding hydrogens is 532 g/mol. The number of nitrogens with zero attached hydrogens (tertiary/aromatic N) is 2. The second kappa shape index (κ2) is 15.1. The van der Waals surface area contributed by atoms with Crippen LogP contribution in [-0.4, -0.2) is 52.3 Å². The number of carbonyl (C=O) groups excluding carboxylic acids is 3. The predicted octanol–water partition coefficient (Wildman–Crippen LogP) is 4.11. The van der Waals surface area contributed by atoms with Crippen molar-refractivity contribution in [3.05, 3.63) is 94.5 Å². The first-order valence-electron chi connectivity index (χ1n) is 14.4. The van der Waals surface area contributed by atoms with E-state index in [1.165, 1.54) is 43.1 Å². The van der Waals surface area contributed by atoms with Crippen molar-refractivity contribution in [1.29, 1.82) is 0 Å². The first-order valence-corrected chi connectivity index (χ1v) is 14.4. The molecule has 9 heteroatoms. The normalized spacial score (nSPS) is 15.0. The van der Waals surface area contributed by atoms with Gasteiger partial charge in [0.25, 0.3) is 5.91 Å². The summed E-state index contributed by atoms with van der Waals surface area (Å²) < 4.78 is 6.05. The number of aromatic hydroxyl groups is 1. The second-order valence-corrected chi connectivity index (χ2v) is 10.7. The molecule has 2 aliphatic rings. The van der Waals surface area contributed by atoms with Crippen molar-refractivity contribution in [2.45, 2.75) is 64.9 Å². The smallest absolute Gasteiger partial charge is 0.254 e. The zero-order valence-corrected chi connectivity index (χ0v) is 24.1. The second-order valence-electron chi connectivity index (χ2n) is 10.7. The lowest BCUT2D eigenvalue weighted by atomic mass is 10.1. The molecule has 3 aromatic rings. The third kappa shape index (κ3) is 8.41. The van der Waals surface area contributed by atoms with Crippen molar-refractivity contribution in [2.75, 3.05) is 13.1 Å². The number of ether oxygens (including phenoxy) is 1. The topological polar surface area (TPSA) is 125 Å². The van der Waals surface area contributed by atoms with E-state index in [9.17, 15) is 19.5 Å². The van der Waals surface area contributed by atoms with Gasteiger partial charge in [-0.15, -0.1) is 0 Å². The van der Waals surface area contributed by atoms with Gasteiger partial charge in [-0.3, -0.25) is 24.6 Å². The number of likely N-dealkylation sites (tertiary alicyclic amines) is 1. The zero-order chi connectivity index (χ0) is 29.9. The quantitative estimate of drug-likeness (QED) is 0.295. The minimum atomic E-state index is -0.353. The van der Waals surface area contributed by atoms with Crippen molar-refractivity contribution in [3.8, 4) is 11.5 Å². The first-order chi connectivity index (χ1) is 20.4. The van der Waals surface area contributed by atoms with Crippen LogP contribution in [0.4, 0.5) is 0 Å². The van der Waals surface area contributed by atoms with Gasteiger partial charge in [0, 0.05) is 43.2 Å². The molecular formula is C33H40N4O5. The lowest BCUT2D eigenvalue weighted by molar-refractivity contribution is -0.125. The number of benzene rings is 3. The molecule has 42 heavy (non-hydrogen) atoms. The first kappa shape index (κ1) is 30.7. The molecule has 1 saturated heterocycles. The highest BCUT2D eigenvalue weighted by Gasteiger charge is 2.30. The Morgan fingerprint density at radius 3 is 2.50 bits per heavy atom. The van der Waals surface area contributed by atoms with E-state index in [0.29, 0.717) is 38.1 Å². The predicted molar refractivity (Wildman–Crippen MR) is 161 cm³/mol. The Morgan fingerprint density at radius 1 is 1.07 bits per heavy atom. The van der Waals surface area contributed by atoms with E-state index in [2.05, 4.69) is 52.7 Å². The average molecular weight is 573 g/mol. The van der Waals surface area contributed by atoms with Crippen LogP contribution < -0.4 is 15.8 Å². The fraction of sp³-hybridized carbons (Fsp3) is 0.364. The standard InChI is InChI=1S/C19H24N2O.C14H16N2O4/c20-13-16-7-9-17(10-8-16)15-22-19-6-2-1-5-18(19)14-21-11-3-4-12-21;1-9(2-5-13(19)15-8-17)16-7-10-6-11(18)3-4-12(10)14(16)20/h1-2,5-10H,3-4,11-15,20H2;3-4,6,8-9,18H,2,5,7H2,1H3,(H,15,17,19). The van der Waals surface area contributed by atoms with Crippen LogP contribution in [0.1, 0.15) is 65.2 Å². The fourth-order valence-electron chi connectivity index (χ4n) is 5.21. The molecule has 0 saturated carbocycles. The molecule has 4 N–H and O–H groups in total. The van der Waals surface area contributed by atoms with Gasteiger partial charge in [0.05, 0.1) is 0 Å². The summed E-state index contributed by atoms with van der Waals surface area (Å²) in [7, 11) is 0. The monoisotopic (exact) mass is 572 g/mol. The molecule has 0 aliphatic carbocycles. The van der Waals surface area contributed by atoms with Gasteiger partial charge in [0.2, 0.25) is 12.3 Å². The molecule has 9 nitrogen and oxygen atoms in total. The van der Waals surface area contributed by atoms with Crippen LogP contribution in [0.3, 0.4) is 0 Å². The van der Waals surface area contributed by atoms with Crippen molar-refractivity contribution in [1.82, 2.24) is 15.1 Å². The summed E-state index contributed by atoms with van der Waals surface area (Å²) in [6, 6.07) is 21.2. The average Bonchev–Trinajstić information content (AvgIpc) is 3.63. The van der Waals surface area contributed by atoms with E-state index < -0.39 is 0 Å². The Balaban J connectivity index is 0.000000194. The molecule has 0 spiro atoms. The van der Waals surface area contributed by atoms with E-state index in [1.807, 2.05) is 13.0 Å². The summed E-state index contributed by atoms with van der Waals surface area (Å²) in [5, 5.41) is 11.5. The maximum atomic E-state index is 12.2. The zero-order valence-electron chi connectivity index (χ0n) is 24.1. The third-order valence-corrected chi connectivity index (χ3v) is 7.68. The minimum Gasteiger partial charge on any atom is -0.508 e. The van der Waals surface area contributed by atoms with Gasteiger partial charge >= 0.3 is 0 Å². The summed E-state index contributed by atoms with van der Waals surface area (Å²) in [6.45, 7) is 6.87. The van der Waals surface area contributed by atoms with E-state index in [1.54, 1.807) is 17.0 Å². The molecule has 1 atom stereocenters. The lowest BCUT2D eigenvalue weighted by Gasteiger charge is -2.23. The van der Waals surface area contributed by atoms with Crippen LogP contribution in [0, 0.1) is 0 Å². The molecule has 1 unspecified atom stereocenters. The Hall–Kier alpha value is -4.21. The number of fused-ring (bicyclic) bond motifs is 1. The Bertz CT molecular complexity index is 1350. The number of hydrogen-bond acceptors (Lipinski definition) is 7. The van der Waals surface area contributed by atoms with Gasteiger partial charge in [0.1, 0.15) is 18.1 Å². The molecule has 1 fully saturated rings. The minimum absolute atomic E-state index is 0.0942. The number of nitrogens with two attached hydrogens (primary N) is 1. The molecule has 0 aromatic heterocycles. The number of rotatable bonds is 11. The van der Waals surface area contributed by atoms with Crippen molar-refractivity contribution in [2.24, 2.45) is 5.73 Å². The molecule has 0 radical (unpaired) electrons. The van der Waals surface area contributed by atoms with Crippen molar-refractivity contribution in [3.63, 3.8) is 0 Å². The third-order valence-electron chi connectivity index (χ3n) is 7.68. The number of imide groups is 1. The molecule has 222 valence electrons. The van der Waals surface area contributed by atoms with Crippen LogP contribution in [0.25, 0.3) is 0 Å². The van der Waals surface area contributed by atoms with Gasteiger partial charge in [-0.05, 0) is 80.2 Å². The number of hydrogen-bond donors (Lipinski definition) is 3. The summed E-state index contributed by atoms with van der Waals surface area (Å²) in [5.41, 5.74) is 10.6. The number of phenolic OH excluding ortho intramolecular Hbond substituents is 1. The van der Waals surface area contributed by atoms with Crippen molar-refractivity contribution < 1.29 is 24.2 Å². The maximum Gasteiger partial charge on any atom is 0.254 e. The number of carbonyl (C=O) groups is 3. The Morgan fingerprint density at radius 2 is 1.79 bits per heavy atom. The fourth-order valence-corrected chi connectivity index (χ4v) is 5.21. The van der Waals surface area contributed by atoms with E-state index in [-0.39, 0.29) is 30.0 Å². The molecule has 0 bridgehead atoms. The number of nitrogens with one attached hydrogen (secondary N) is 1. The Kier molecular flexibility index (Phi) is 11.1. The molecule has 2 aliphatic heterocycles. The van der Waals surface area contributed by atoms with E-state index in [0.717, 1.165) is 23.4 Å².